The van der Waals surface area contributed by atoms with E-state index in [-0.39, 0.29) is 0 Å². The van der Waals surface area contributed by atoms with Crippen LogP contribution in [0.25, 0.3) is 81.0 Å². The summed E-state index contributed by atoms with van der Waals surface area (Å²) in [6.07, 6.45) is 0. The highest BCUT2D eigenvalue weighted by molar-refractivity contribution is 7.25. The Morgan fingerprint density at radius 3 is 1.65 bits per heavy atom. The van der Waals surface area contributed by atoms with Crippen LogP contribution in [0, 0.1) is 0 Å². The monoisotopic (exact) mass is 744 g/mol. The van der Waals surface area contributed by atoms with Gasteiger partial charge in [-0.1, -0.05) is 140 Å². The van der Waals surface area contributed by atoms with Crippen LogP contribution in [-0.4, -0.2) is 4.57 Å². The van der Waals surface area contributed by atoms with Crippen molar-refractivity contribution >= 4 is 70.4 Å². The summed E-state index contributed by atoms with van der Waals surface area (Å²) in [6.45, 7) is 0. The lowest BCUT2D eigenvalue weighted by Crippen LogP contribution is -2.09. The second-order valence-electron chi connectivity index (χ2n) is 14.5. The van der Waals surface area contributed by atoms with Gasteiger partial charge in [0.15, 0.2) is 0 Å². The molecule has 0 aliphatic carbocycles. The summed E-state index contributed by atoms with van der Waals surface area (Å²) >= 11 is 1.87. The van der Waals surface area contributed by atoms with Crippen LogP contribution < -0.4 is 4.90 Å². The summed E-state index contributed by atoms with van der Waals surface area (Å²) in [6, 6.07) is 79.2. The minimum Gasteiger partial charge on any atom is -0.310 e. The van der Waals surface area contributed by atoms with Gasteiger partial charge < -0.3 is 9.47 Å². The quantitative estimate of drug-likeness (QED) is 0.158. The molecule has 0 saturated carbocycles. The number of thiophene rings is 1. The molecule has 2 nitrogen and oxygen atoms in total. The van der Waals surface area contributed by atoms with Gasteiger partial charge in [0.05, 0.1) is 16.7 Å². The highest BCUT2D eigenvalue weighted by Gasteiger charge is 2.18. The zero-order chi connectivity index (χ0) is 37.7. The first kappa shape index (κ1) is 33.2. The maximum absolute atomic E-state index is 2.46. The van der Waals surface area contributed by atoms with Gasteiger partial charge in [-0.15, -0.1) is 11.3 Å². The third kappa shape index (κ3) is 5.80. The normalized spacial score (nSPS) is 11.5. The molecule has 268 valence electrons. The number of hydrogen-bond donors (Lipinski definition) is 0. The predicted molar refractivity (Wildman–Crippen MR) is 245 cm³/mol. The number of aromatic nitrogens is 1. The first-order valence-corrected chi connectivity index (χ1v) is 20.2. The summed E-state index contributed by atoms with van der Waals surface area (Å²) in [5.74, 6) is 0. The molecule has 0 radical (unpaired) electrons. The van der Waals surface area contributed by atoms with Crippen molar-refractivity contribution in [1.82, 2.24) is 4.57 Å². The molecular weight excluding hydrogens is 709 g/mol. The average Bonchev–Trinajstić information content (AvgIpc) is 3.83. The molecule has 0 unspecified atom stereocenters. The first-order chi connectivity index (χ1) is 28.3. The lowest BCUT2D eigenvalue weighted by molar-refractivity contribution is 1.20. The van der Waals surface area contributed by atoms with Gasteiger partial charge in [0, 0.05) is 48.0 Å². The first-order valence-electron chi connectivity index (χ1n) is 19.4. The van der Waals surface area contributed by atoms with E-state index in [0.717, 1.165) is 17.1 Å². The number of fused-ring (bicyclic) bond motifs is 6. The minimum absolute atomic E-state index is 1.11. The van der Waals surface area contributed by atoms with Gasteiger partial charge in [-0.25, -0.2) is 0 Å². The van der Waals surface area contributed by atoms with Gasteiger partial charge in [0.1, 0.15) is 0 Å². The third-order valence-corrected chi connectivity index (χ3v) is 12.3. The average molecular weight is 745 g/mol. The van der Waals surface area contributed by atoms with E-state index < -0.39 is 0 Å². The lowest BCUT2D eigenvalue weighted by Gasteiger charge is -2.26. The molecule has 9 aromatic carbocycles. The van der Waals surface area contributed by atoms with Crippen molar-refractivity contribution in [1.29, 1.82) is 0 Å². The molecule has 2 aromatic heterocycles. The van der Waals surface area contributed by atoms with Crippen molar-refractivity contribution in [3.63, 3.8) is 0 Å². The van der Waals surface area contributed by atoms with E-state index in [1.807, 2.05) is 11.3 Å². The number of anilines is 3. The fraction of sp³-hybridized carbons (Fsp3) is 0. The van der Waals surface area contributed by atoms with Crippen LogP contribution in [0.15, 0.2) is 218 Å². The van der Waals surface area contributed by atoms with E-state index in [2.05, 4.69) is 228 Å². The van der Waals surface area contributed by atoms with E-state index in [1.54, 1.807) is 0 Å². The zero-order valence-corrected chi connectivity index (χ0v) is 31.9. The topological polar surface area (TPSA) is 8.17 Å². The van der Waals surface area contributed by atoms with E-state index in [0.29, 0.717) is 0 Å². The van der Waals surface area contributed by atoms with Crippen LogP contribution in [0.4, 0.5) is 17.1 Å². The van der Waals surface area contributed by atoms with Crippen molar-refractivity contribution in [2.45, 2.75) is 0 Å². The molecule has 0 bridgehead atoms. The number of nitrogens with zero attached hydrogens (tertiary/aromatic N) is 2. The molecule has 3 heteroatoms. The Morgan fingerprint density at radius 1 is 0.316 bits per heavy atom. The van der Waals surface area contributed by atoms with Crippen molar-refractivity contribution in [2.24, 2.45) is 0 Å². The zero-order valence-electron chi connectivity index (χ0n) is 31.1. The predicted octanol–water partition coefficient (Wildman–Crippen LogP) is 15.6. The van der Waals surface area contributed by atoms with Crippen molar-refractivity contribution in [3.8, 4) is 39.1 Å². The van der Waals surface area contributed by atoms with Crippen LogP contribution in [0.1, 0.15) is 0 Å². The molecule has 57 heavy (non-hydrogen) atoms. The van der Waals surface area contributed by atoms with Gasteiger partial charge in [-0.3, -0.25) is 0 Å². The molecule has 0 saturated heterocycles. The summed E-state index contributed by atoms with van der Waals surface area (Å²) in [5.41, 5.74) is 14.2. The largest absolute Gasteiger partial charge is 0.310 e. The molecule has 0 spiro atoms. The number of hydrogen-bond acceptors (Lipinski definition) is 2. The Balaban J connectivity index is 0.999. The Bertz CT molecular complexity index is 3230. The Morgan fingerprint density at radius 2 is 0.842 bits per heavy atom. The molecule has 11 rings (SSSR count). The summed E-state index contributed by atoms with van der Waals surface area (Å²) < 4.78 is 5.09. The summed E-state index contributed by atoms with van der Waals surface area (Å²) in [5, 5.41) is 5.12. The van der Waals surface area contributed by atoms with Crippen molar-refractivity contribution < 1.29 is 0 Å². The molecule has 2 heterocycles. The molecular formula is C54H36N2S. The number of benzene rings is 9. The molecule has 0 amide bonds. The van der Waals surface area contributed by atoms with Gasteiger partial charge in [0.2, 0.25) is 0 Å². The van der Waals surface area contributed by atoms with Gasteiger partial charge in [0.25, 0.3) is 0 Å². The molecule has 0 N–H and O–H groups in total. The van der Waals surface area contributed by atoms with E-state index in [9.17, 15) is 0 Å². The second-order valence-corrected chi connectivity index (χ2v) is 15.6. The number of rotatable bonds is 7. The summed E-state index contributed by atoms with van der Waals surface area (Å²) in [4.78, 5) is 2.35. The molecule has 0 aliphatic heterocycles. The van der Waals surface area contributed by atoms with Crippen LogP contribution >= 0.6 is 11.3 Å². The van der Waals surface area contributed by atoms with Crippen molar-refractivity contribution in [3.05, 3.63) is 218 Å². The minimum atomic E-state index is 1.11. The van der Waals surface area contributed by atoms with Gasteiger partial charge >= 0.3 is 0 Å². The maximum atomic E-state index is 2.46. The SMILES string of the molecule is c1ccc(-c2cccc(-c3ccc(N(c4ccccc4)c4cccc(-c5ccc6c(c5)c5ccccc5n6-c5cccc6sc7ccccc7c56)c4)cc3)c2)cc1. The highest BCUT2D eigenvalue weighted by atomic mass is 32.1. The fourth-order valence-corrected chi connectivity index (χ4v) is 9.64. The maximum Gasteiger partial charge on any atom is 0.0555 e. The van der Waals surface area contributed by atoms with Gasteiger partial charge in [-0.2, -0.15) is 0 Å². The molecule has 0 aliphatic rings. The standard InChI is InChI=1S/C54H36N2S/c1-3-14-37(15-4-1)39-16-11-17-40(34-39)38-28-31-44(32-29-38)55(43-19-5-2-6-20-43)45-21-12-18-41(35-45)42-30-33-50-48(36-42)46-22-7-9-24-49(46)56(50)51-25-13-27-53-54(51)47-23-8-10-26-52(47)57-53/h1-36H. The van der Waals surface area contributed by atoms with Crippen LogP contribution in [0.5, 0.6) is 0 Å². The van der Waals surface area contributed by atoms with Gasteiger partial charge in [-0.05, 0) is 112 Å². The molecule has 11 aromatic rings. The third-order valence-electron chi connectivity index (χ3n) is 11.2. The van der Waals surface area contributed by atoms with Crippen molar-refractivity contribution in [2.75, 3.05) is 4.90 Å². The smallest absolute Gasteiger partial charge is 0.0555 e. The summed E-state index contributed by atoms with van der Waals surface area (Å²) in [7, 11) is 0. The lowest BCUT2D eigenvalue weighted by atomic mass is 9.98. The van der Waals surface area contributed by atoms with E-state index >= 15 is 0 Å². The Kier molecular flexibility index (Phi) is 8.04. The highest BCUT2D eigenvalue weighted by Crippen LogP contribution is 2.43. The number of para-hydroxylation sites is 2. The van der Waals surface area contributed by atoms with Crippen LogP contribution in [0.2, 0.25) is 0 Å². The van der Waals surface area contributed by atoms with E-state index in [1.165, 1.54) is 81.0 Å². The second kappa shape index (κ2) is 13.8. The molecule has 0 atom stereocenters. The Labute approximate surface area is 335 Å². The molecule has 0 fully saturated rings. The van der Waals surface area contributed by atoms with E-state index in [4.69, 9.17) is 0 Å². The van der Waals surface area contributed by atoms with Crippen LogP contribution in [0.3, 0.4) is 0 Å². The van der Waals surface area contributed by atoms with Crippen LogP contribution in [-0.2, 0) is 0 Å². The Hall–Kier alpha value is -7.20. The fourth-order valence-electron chi connectivity index (χ4n) is 8.52.